The third-order valence-electron chi connectivity index (χ3n) is 5.98. The van der Waals surface area contributed by atoms with Gasteiger partial charge in [-0.25, -0.2) is 0 Å². The van der Waals surface area contributed by atoms with E-state index < -0.39 is 6.04 Å². The number of hydrogen-bond donors (Lipinski definition) is 0. The summed E-state index contributed by atoms with van der Waals surface area (Å²) in [5, 5.41) is 1.53. The van der Waals surface area contributed by atoms with E-state index in [-0.39, 0.29) is 22.7 Å². The number of halogens is 3. The van der Waals surface area contributed by atoms with Crippen molar-refractivity contribution in [3.63, 3.8) is 0 Å². The average molecular weight is 499 g/mol. The average Bonchev–Trinajstić information content (AvgIpc) is 3.05. The lowest BCUT2D eigenvalue weighted by Crippen LogP contribution is -2.29. The maximum absolute atomic E-state index is 13.7. The summed E-state index contributed by atoms with van der Waals surface area (Å²) >= 11 is 18.7. The van der Waals surface area contributed by atoms with Gasteiger partial charge >= 0.3 is 0 Å². The van der Waals surface area contributed by atoms with Crippen molar-refractivity contribution in [2.24, 2.45) is 0 Å². The fourth-order valence-corrected chi connectivity index (χ4v) is 4.69. The van der Waals surface area contributed by atoms with Gasteiger partial charge in [-0.3, -0.25) is 9.59 Å². The Bertz CT molecular complexity index is 1490. The lowest BCUT2D eigenvalue weighted by atomic mass is 9.98. The predicted molar refractivity (Wildman–Crippen MR) is 132 cm³/mol. The molecule has 7 heteroatoms. The summed E-state index contributed by atoms with van der Waals surface area (Å²) in [7, 11) is 0. The van der Waals surface area contributed by atoms with Crippen LogP contribution in [0.2, 0.25) is 15.1 Å². The Hall–Kier alpha value is -2.79. The van der Waals surface area contributed by atoms with Crippen LogP contribution in [0.4, 0.5) is 0 Å². The Morgan fingerprint density at radius 2 is 1.61 bits per heavy atom. The highest BCUT2D eigenvalue weighted by molar-refractivity contribution is 6.42. The molecule has 0 radical (unpaired) electrons. The molecule has 1 aliphatic heterocycles. The van der Waals surface area contributed by atoms with E-state index in [9.17, 15) is 9.59 Å². The molecule has 33 heavy (non-hydrogen) atoms. The second kappa shape index (κ2) is 8.21. The Balaban J connectivity index is 1.74. The van der Waals surface area contributed by atoms with E-state index in [1.165, 1.54) is 0 Å². The fourth-order valence-electron chi connectivity index (χ4n) is 4.22. The van der Waals surface area contributed by atoms with Gasteiger partial charge in [-0.15, -0.1) is 0 Å². The number of aryl methyl sites for hydroxylation is 2. The third-order valence-corrected chi connectivity index (χ3v) is 7.13. The summed E-state index contributed by atoms with van der Waals surface area (Å²) in [6.07, 6.45) is 0. The predicted octanol–water partition coefficient (Wildman–Crippen LogP) is 7.12. The number of hydrogen-bond acceptors (Lipinski definition) is 3. The zero-order valence-corrected chi connectivity index (χ0v) is 20.1. The molecule has 1 atom stereocenters. The summed E-state index contributed by atoms with van der Waals surface area (Å²) < 4.78 is 6.02. The molecule has 0 N–H and O–H groups in total. The molecule has 4 aromatic rings. The molecular formula is C26H18Cl3NO3. The van der Waals surface area contributed by atoms with Crippen molar-refractivity contribution in [3.8, 4) is 0 Å². The van der Waals surface area contributed by atoms with E-state index in [0.717, 1.165) is 16.7 Å². The first kappa shape index (κ1) is 22.0. The highest BCUT2D eigenvalue weighted by atomic mass is 35.5. The van der Waals surface area contributed by atoms with Gasteiger partial charge in [-0.05, 0) is 54.8 Å². The molecule has 1 aromatic heterocycles. The molecule has 0 spiro atoms. The normalized spacial score (nSPS) is 15.4. The van der Waals surface area contributed by atoms with Gasteiger partial charge < -0.3 is 9.32 Å². The smallest absolute Gasteiger partial charge is 0.291 e. The van der Waals surface area contributed by atoms with Crippen molar-refractivity contribution in [2.45, 2.75) is 26.4 Å². The Labute approximate surface area is 205 Å². The molecule has 4 nitrogen and oxygen atoms in total. The minimum atomic E-state index is -0.677. The summed E-state index contributed by atoms with van der Waals surface area (Å²) in [5.74, 6) is -0.314. The van der Waals surface area contributed by atoms with Crippen LogP contribution in [0.15, 0.2) is 63.8 Å². The van der Waals surface area contributed by atoms with Crippen LogP contribution in [-0.2, 0) is 6.54 Å². The highest BCUT2D eigenvalue weighted by Gasteiger charge is 2.43. The molecule has 1 unspecified atom stereocenters. The minimum absolute atomic E-state index is 0.0393. The summed E-state index contributed by atoms with van der Waals surface area (Å²) in [6, 6.07) is 15.6. The fraction of sp³-hybridized carbons (Fsp3) is 0.154. The zero-order chi connectivity index (χ0) is 23.4. The summed E-state index contributed by atoms with van der Waals surface area (Å²) in [4.78, 5) is 28.8. The van der Waals surface area contributed by atoms with Crippen LogP contribution >= 0.6 is 34.8 Å². The lowest BCUT2D eigenvalue weighted by molar-refractivity contribution is 0.0714. The van der Waals surface area contributed by atoms with Crippen LogP contribution in [0, 0.1) is 13.8 Å². The molecule has 0 saturated carbocycles. The van der Waals surface area contributed by atoms with Crippen molar-refractivity contribution in [3.05, 3.63) is 113 Å². The quantitative estimate of drug-likeness (QED) is 0.302. The lowest BCUT2D eigenvalue weighted by Gasteiger charge is -2.25. The van der Waals surface area contributed by atoms with Crippen molar-refractivity contribution in [1.82, 2.24) is 4.90 Å². The second-order valence-corrected chi connectivity index (χ2v) is 9.49. The van der Waals surface area contributed by atoms with Crippen molar-refractivity contribution in [2.75, 3.05) is 0 Å². The standard InChI is InChI=1S/C26H18Cl3NO3/c1-13-3-5-15(6-4-13)12-30-23(16-7-8-18(27)20(29)10-16)22-24(31)17-11-19(28)14(2)9-21(17)33-25(22)26(30)32/h3-11,23H,12H2,1-2H3. The molecular weight excluding hydrogens is 481 g/mol. The first-order valence-electron chi connectivity index (χ1n) is 10.3. The number of amides is 1. The number of nitrogens with zero attached hydrogens (tertiary/aromatic N) is 1. The Morgan fingerprint density at radius 1 is 0.879 bits per heavy atom. The number of benzene rings is 3. The molecule has 0 bridgehead atoms. The first-order chi connectivity index (χ1) is 15.7. The van der Waals surface area contributed by atoms with Crippen molar-refractivity contribution >= 4 is 51.7 Å². The first-order valence-corrected chi connectivity index (χ1v) is 11.5. The number of rotatable bonds is 3. The maximum atomic E-state index is 13.7. The van der Waals surface area contributed by atoms with Crippen LogP contribution in [0.3, 0.4) is 0 Å². The van der Waals surface area contributed by atoms with Crippen LogP contribution in [-0.4, -0.2) is 10.8 Å². The van der Waals surface area contributed by atoms with Gasteiger partial charge in [0.05, 0.1) is 27.0 Å². The van der Waals surface area contributed by atoms with Gasteiger partial charge in [-0.1, -0.05) is 70.7 Å². The second-order valence-electron chi connectivity index (χ2n) is 8.27. The minimum Gasteiger partial charge on any atom is -0.450 e. The molecule has 1 aliphatic rings. The van der Waals surface area contributed by atoms with Gasteiger partial charge in [0, 0.05) is 11.6 Å². The van der Waals surface area contributed by atoms with Crippen LogP contribution in [0.5, 0.6) is 0 Å². The molecule has 0 aliphatic carbocycles. The molecule has 5 rings (SSSR count). The van der Waals surface area contributed by atoms with E-state index in [1.54, 1.807) is 35.2 Å². The molecule has 0 fully saturated rings. The van der Waals surface area contributed by atoms with Gasteiger partial charge in [0.15, 0.2) is 5.43 Å². The molecule has 0 saturated heterocycles. The summed E-state index contributed by atoms with van der Waals surface area (Å²) in [5.41, 5.74) is 3.80. The van der Waals surface area contributed by atoms with E-state index in [2.05, 4.69) is 0 Å². The summed E-state index contributed by atoms with van der Waals surface area (Å²) in [6.45, 7) is 4.11. The van der Waals surface area contributed by atoms with E-state index in [1.807, 2.05) is 38.1 Å². The largest absolute Gasteiger partial charge is 0.450 e. The van der Waals surface area contributed by atoms with Gasteiger partial charge in [0.1, 0.15) is 5.58 Å². The maximum Gasteiger partial charge on any atom is 0.291 e. The number of carbonyl (C=O) groups is 1. The SMILES string of the molecule is Cc1ccc(CN2C(=O)c3oc4cc(C)c(Cl)cc4c(=O)c3C2c2ccc(Cl)c(Cl)c2)cc1. The van der Waals surface area contributed by atoms with Crippen molar-refractivity contribution in [1.29, 1.82) is 0 Å². The molecule has 1 amide bonds. The molecule has 2 heterocycles. The zero-order valence-electron chi connectivity index (χ0n) is 17.8. The van der Waals surface area contributed by atoms with Gasteiger partial charge in [-0.2, -0.15) is 0 Å². The topological polar surface area (TPSA) is 50.5 Å². The van der Waals surface area contributed by atoms with Crippen LogP contribution < -0.4 is 5.43 Å². The highest BCUT2D eigenvalue weighted by Crippen LogP contribution is 2.41. The van der Waals surface area contributed by atoms with E-state index in [0.29, 0.717) is 38.1 Å². The van der Waals surface area contributed by atoms with E-state index in [4.69, 9.17) is 39.2 Å². The molecule has 166 valence electrons. The van der Waals surface area contributed by atoms with Gasteiger partial charge in [0.2, 0.25) is 5.76 Å². The van der Waals surface area contributed by atoms with Gasteiger partial charge in [0.25, 0.3) is 5.91 Å². The number of fused-ring (bicyclic) bond motifs is 2. The third kappa shape index (κ3) is 3.72. The Kier molecular flexibility index (Phi) is 5.48. The van der Waals surface area contributed by atoms with E-state index >= 15 is 0 Å². The number of carbonyl (C=O) groups excluding carboxylic acids is 1. The molecule has 3 aromatic carbocycles. The van der Waals surface area contributed by atoms with Crippen LogP contribution in [0.25, 0.3) is 11.0 Å². The monoisotopic (exact) mass is 497 g/mol. The Morgan fingerprint density at radius 3 is 2.30 bits per heavy atom. The van der Waals surface area contributed by atoms with Crippen LogP contribution in [0.1, 0.15) is 44.4 Å². The van der Waals surface area contributed by atoms with Crippen molar-refractivity contribution < 1.29 is 9.21 Å².